The third-order valence-electron chi connectivity index (χ3n) is 2.69. The number of aromatic nitrogens is 2. The number of nitrogens with zero attached hydrogens (tertiary/aromatic N) is 2. The van der Waals surface area contributed by atoms with Gasteiger partial charge in [0.1, 0.15) is 5.82 Å². The molecule has 0 amide bonds. The van der Waals surface area contributed by atoms with Crippen molar-refractivity contribution in [2.75, 3.05) is 11.9 Å². The second kappa shape index (κ2) is 6.95. The maximum Gasteiger partial charge on any atom is 0.422 e. The molecule has 2 aromatic rings. The molecule has 4 nitrogen and oxygen atoms in total. The summed E-state index contributed by atoms with van der Waals surface area (Å²) in [6.07, 6.45) is -1.22. The third kappa shape index (κ3) is 5.18. The van der Waals surface area contributed by atoms with Crippen LogP contribution in [0.5, 0.6) is 5.88 Å². The molecule has 0 saturated carbocycles. The predicted octanol–water partition coefficient (Wildman–Crippen LogP) is 4.10. The number of anilines is 1. The van der Waals surface area contributed by atoms with Crippen molar-refractivity contribution in [3.63, 3.8) is 0 Å². The SMILES string of the molecule is Cc1cc(Br)cnc1NCc1ccc(OCC(F)(F)F)nc1. The van der Waals surface area contributed by atoms with Gasteiger partial charge < -0.3 is 10.1 Å². The number of hydrogen-bond acceptors (Lipinski definition) is 4. The van der Waals surface area contributed by atoms with E-state index in [4.69, 9.17) is 0 Å². The molecule has 0 aromatic carbocycles. The number of halogens is 4. The van der Waals surface area contributed by atoms with E-state index in [-0.39, 0.29) is 5.88 Å². The molecule has 0 aliphatic rings. The fourth-order valence-corrected chi connectivity index (χ4v) is 2.11. The van der Waals surface area contributed by atoms with Crippen molar-refractivity contribution in [3.8, 4) is 5.88 Å². The average molecular weight is 376 g/mol. The Balaban J connectivity index is 1.91. The smallest absolute Gasteiger partial charge is 0.422 e. The van der Waals surface area contributed by atoms with Crippen LogP contribution in [-0.4, -0.2) is 22.8 Å². The summed E-state index contributed by atoms with van der Waals surface area (Å²) in [4.78, 5) is 8.08. The fourth-order valence-electron chi connectivity index (χ4n) is 1.67. The van der Waals surface area contributed by atoms with Crippen molar-refractivity contribution in [1.29, 1.82) is 0 Å². The predicted molar refractivity (Wildman–Crippen MR) is 79.8 cm³/mol. The molecule has 2 heterocycles. The van der Waals surface area contributed by atoms with Crippen LogP contribution in [-0.2, 0) is 6.54 Å². The maximum absolute atomic E-state index is 12.0. The standard InChI is InChI=1S/C14H13BrF3N3O/c1-9-4-11(15)7-21-13(9)20-6-10-2-3-12(19-5-10)22-8-14(16,17)18/h2-5,7H,6,8H2,1H3,(H,20,21). The van der Waals surface area contributed by atoms with Crippen molar-refractivity contribution in [2.45, 2.75) is 19.6 Å². The van der Waals surface area contributed by atoms with Gasteiger partial charge in [0.05, 0.1) is 0 Å². The molecule has 0 aliphatic heterocycles. The highest BCUT2D eigenvalue weighted by molar-refractivity contribution is 9.10. The maximum atomic E-state index is 12.0. The van der Waals surface area contributed by atoms with Gasteiger partial charge in [-0.2, -0.15) is 13.2 Å². The lowest BCUT2D eigenvalue weighted by atomic mass is 10.2. The van der Waals surface area contributed by atoms with E-state index in [0.29, 0.717) is 6.54 Å². The quantitative estimate of drug-likeness (QED) is 0.854. The Kier molecular flexibility index (Phi) is 5.23. The van der Waals surface area contributed by atoms with Crippen LogP contribution < -0.4 is 10.1 Å². The Hall–Kier alpha value is -1.83. The first-order valence-electron chi connectivity index (χ1n) is 6.34. The zero-order valence-corrected chi connectivity index (χ0v) is 13.2. The first-order valence-corrected chi connectivity index (χ1v) is 7.13. The molecule has 0 unspecified atom stereocenters. The number of hydrogen-bond donors (Lipinski definition) is 1. The molecule has 2 rings (SSSR count). The molecule has 118 valence electrons. The zero-order valence-electron chi connectivity index (χ0n) is 11.6. The molecular formula is C14H13BrF3N3O. The Morgan fingerprint density at radius 2 is 2.00 bits per heavy atom. The Labute approximate surface area is 133 Å². The highest BCUT2D eigenvalue weighted by atomic mass is 79.9. The molecule has 0 aliphatic carbocycles. The van der Waals surface area contributed by atoms with Gasteiger partial charge in [-0.15, -0.1) is 0 Å². The summed E-state index contributed by atoms with van der Waals surface area (Å²) >= 11 is 3.33. The van der Waals surface area contributed by atoms with Crippen LogP contribution in [0.15, 0.2) is 35.1 Å². The largest absolute Gasteiger partial charge is 0.468 e. The van der Waals surface area contributed by atoms with E-state index in [2.05, 4.69) is 36.0 Å². The summed E-state index contributed by atoms with van der Waals surface area (Å²) in [5.41, 5.74) is 1.79. The van der Waals surface area contributed by atoms with Gasteiger partial charge in [-0.3, -0.25) is 0 Å². The summed E-state index contributed by atoms with van der Waals surface area (Å²) in [7, 11) is 0. The fraction of sp³-hybridized carbons (Fsp3) is 0.286. The van der Waals surface area contributed by atoms with Crippen LogP contribution in [0.4, 0.5) is 19.0 Å². The molecule has 0 fully saturated rings. The van der Waals surface area contributed by atoms with Crippen LogP contribution in [0, 0.1) is 6.92 Å². The number of ether oxygens (including phenoxy) is 1. The molecule has 1 N–H and O–H groups in total. The van der Waals surface area contributed by atoms with E-state index in [1.165, 1.54) is 12.3 Å². The van der Waals surface area contributed by atoms with Gasteiger partial charge in [-0.25, -0.2) is 9.97 Å². The Morgan fingerprint density at radius 1 is 1.23 bits per heavy atom. The average Bonchev–Trinajstić information content (AvgIpc) is 2.44. The minimum atomic E-state index is -4.37. The van der Waals surface area contributed by atoms with Gasteiger partial charge in [-0.05, 0) is 40.0 Å². The monoisotopic (exact) mass is 375 g/mol. The van der Waals surface area contributed by atoms with Gasteiger partial charge in [0, 0.05) is 29.5 Å². The van der Waals surface area contributed by atoms with Crippen molar-refractivity contribution in [1.82, 2.24) is 9.97 Å². The third-order valence-corrected chi connectivity index (χ3v) is 3.12. The Morgan fingerprint density at radius 3 is 2.59 bits per heavy atom. The molecule has 0 spiro atoms. The lowest BCUT2D eigenvalue weighted by Crippen LogP contribution is -2.19. The van der Waals surface area contributed by atoms with E-state index >= 15 is 0 Å². The Bertz CT molecular complexity index is 632. The normalized spacial score (nSPS) is 11.3. The first-order chi connectivity index (χ1) is 10.3. The summed E-state index contributed by atoms with van der Waals surface area (Å²) in [6, 6.07) is 4.99. The van der Waals surface area contributed by atoms with E-state index in [1.807, 2.05) is 13.0 Å². The number of nitrogens with one attached hydrogen (secondary N) is 1. The number of rotatable bonds is 5. The van der Waals surface area contributed by atoms with E-state index < -0.39 is 12.8 Å². The van der Waals surface area contributed by atoms with Crippen LogP contribution in [0.1, 0.15) is 11.1 Å². The van der Waals surface area contributed by atoms with Crippen molar-refractivity contribution in [2.24, 2.45) is 0 Å². The lowest BCUT2D eigenvalue weighted by molar-refractivity contribution is -0.154. The molecule has 8 heteroatoms. The van der Waals surface area contributed by atoms with E-state index in [0.717, 1.165) is 21.4 Å². The number of pyridine rings is 2. The molecule has 0 bridgehead atoms. The van der Waals surface area contributed by atoms with Crippen LogP contribution in [0.3, 0.4) is 0 Å². The van der Waals surface area contributed by atoms with Crippen LogP contribution in [0.2, 0.25) is 0 Å². The van der Waals surface area contributed by atoms with Gasteiger partial charge in [0.25, 0.3) is 0 Å². The van der Waals surface area contributed by atoms with E-state index in [1.54, 1.807) is 12.3 Å². The van der Waals surface area contributed by atoms with E-state index in [9.17, 15) is 13.2 Å². The molecule has 0 saturated heterocycles. The van der Waals surface area contributed by atoms with Gasteiger partial charge >= 0.3 is 6.18 Å². The molecule has 0 radical (unpaired) electrons. The van der Waals surface area contributed by atoms with Gasteiger partial charge in [0.2, 0.25) is 5.88 Å². The van der Waals surface area contributed by atoms with Gasteiger partial charge in [0.15, 0.2) is 6.61 Å². The topological polar surface area (TPSA) is 47.0 Å². The minimum absolute atomic E-state index is 0.0565. The highest BCUT2D eigenvalue weighted by Gasteiger charge is 2.28. The lowest BCUT2D eigenvalue weighted by Gasteiger charge is -2.10. The number of alkyl halides is 3. The summed E-state index contributed by atoms with van der Waals surface area (Å²) in [6.45, 7) is 1.04. The van der Waals surface area contributed by atoms with Crippen molar-refractivity contribution in [3.05, 3.63) is 46.2 Å². The van der Waals surface area contributed by atoms with Crippen LogP contribution >= 0.6 is 15.9 Å². The zero-order chi connectivity index (χ0) is 16.2. The van der Waals surface area contributed by atoms with Crippen molar-refractivity contribution >= 4 is 21.7 Å². The number of aryl methyl sites for hydroxylation is 1. The molecule has 22 heavy (non-hydrogen) atoms. The summed E-state index contributed by atoms with van der Waals surface area (Å²) < 4.78 is 41.5. The van der Waals surface area contributed by atoms with Crippen LogP contribution in [0.25, 0.3) is 0 Å². The molecule has 2 aromatic heterocycles. The second-order valence-electron chi connectivity index (χ2n) is 4.58. The molecular weight excluding hydrogens is 363 g/mol. The second-order valence-corrected chi connectivity index (χ2v) is 5.50. The highest BCUT2D eigenvalue weighted by Crippen LogP contribution is 2.19. The molecule has 0 atom stereocenters. The first kappa shape index (κ1) is 16.5. The summed E-state index contributed by atoms with van der Waals surface area (Å²) in [5.74, 6) is 0.680. The van der Waals surface area contributed by atoms with Crippen molar-refractivity contribution < 1.29 is 17.9 Å². The van der Waals surface area contributed by atoms with Gasteiger partial charge in [-0.1, -0.05) is 6.07 Å². The summed E-state index contributed by atoms with van der Waals surface area (Å²) in [5, 5.41) is 3.14. The minimum Gasteiger partial charge on any atom is -0.468 e.